The fraction of sp³-hybridized carbons (Fsp3) is 0.385. The molecule has 1 rings (SSSR count). The summed E-state index contributed by atoms with van der Waals surface area (Å²) in [6, 6.07) is 7.55. The highest BCUT2D eigenvalue weighted by molar-refractivity contribution is 7.73. The maximum Gasteiger partial charge on any atom is 0.355 e. The highest BCUT2D eigenvalue weighted by Crippen LogP contribution is 2.65. The van der Waals surface area contributed by atoms with E-state index in [4.69, 9.17) is 9.05 Å². The topological polar surface area (TPSA) is 139 Å². The quantitative estimate of drug-likeness (QED) is 0.580. The average Bonchev–Trinajstić information content (AvgIpc) is 2.46. The molecule has 11 heteroatoms. The molecule has 24 heavy (non-hydrogen) atoms. The fourth-order valence-corrected chi connectivity index (χ4v) is 5.53. The van der Waals surface area contributed by atoms with Crippen molar-refractivity contribution in [1.82, 2.24) is 5.32 Å². The molecule has 0 fully saturated rings. The van der Waals surface area contributed by atoms with Crippen LogP contribution in [0.5, 0.6) is 0 Å². The third kappa shape index (κ3) is 5.34. The van der Waals surface area contributed by atoms with Gasteiger partial charge in [0.15, 0.2) is 0 Å². The van der Waals surface area contributed by atoms with Crippen LogP contribution in [0.1, 0.15) is 24.2 Å². The average molecular weight is 379 g/mol. The molecule has 1 atom stereocenters. The van der Waals surface area contributed by atoms with Gasteiger partial charge >= 0.3 is 15.2 Å². The van der Waals surface area contributed by atoms with Gasteiger partial charge in [0.2, 0.25) is 5.40 Å². The summed E-state index contributed by atoms with van der Waals surface area (Å²) in [6.45, 7) is 2.45. The van der Waals surface area contributed by atoms with Crippen LogP contribution in [0.25, 0.3) is 0 Å². The molecule has 0 aliphatic rings. The second-order valence-corrected chi connectivity index (χ2v) is 8.74. The van der Waals surface area contributed by atoms with E-state index in [0.29, 0.717) is 0 Å². The zero-order valence-electron chi connectivity index (χ0n) is 13.1. The fourth-order valence-electron chi connectivity index (χ4n) is 1.86. The van der Waals surface area contributed by atoms with Crippen molar-refractivity contribution in [2.75, 3.05) is 13.2 Å². The minimum atomic E-state index is -5.24. The molecule has 0 aliphatic carbocycles. The van der Waals surface area contributed by atoms with Gasteiger partial charge in [-0.15, -0.1) is 0 Å². The van der Waals surface area contributed by atoms with E-state index in [1.165, 1.54) is 26.0 Å². The minimum absolute atomic E-state index is 0.0953. The van der Waals surface area contributed by atoms with E-state index >= 15 is 0 Å². The van der Waals surface area contributed by atoms with Gasteiger partial charge < -0.3 is 18.8 Å². The first-order valence-corrected chi connectivity index (χ1v) is 10.3. The number of carbonyl (C=O) groups is 2. The SMILES string of the molecule is CCOP(=O)(OCC)C(C(=O)NC(=O)c1ccccc1)P(=O)(O)O. The van der Waals surface area contributed by atoms with Crippen molar-refractivity contribution in [3.63, 3.8) is 0 Å². The number of carbonyl (C=O) groups excluding carboxylic acids is 2. The van der Waals surface area contributed by atoms with E-state index in [1.807, 2.05) is 5.32 Å². The van der Waals surface area contributed by atoms with Crippen molar-refractivity contribution in [2.24, 2.45) is 0 Å². The van der Waals surface area contributed by atoms with Crippen LogP contribution in [0.3, 0.4) is 0 Å². The van der Waals surface area contributed by atoms with Crippen molar-refractivity contribution < 1.29 is 37.6 Å². The Labute approximate surface area is 139 Å². The van der Waals surface area contributed by atoms with Crippen LogP contribution >= 0.6 is 15.2 Å². The monoisotopic (exact) mass is 379 g/mol. The van der Waals surface area contributed by atoms with E-state index < -0.39 is 32.4 Å². The minimum Gasteiger partial charge on any atom is -0.323 e. The Morgan fingerprint density at radius 3 is 2.00 bits per heavy atom. The van der Waals surface area contributed by atoms with Crippen LogP contribution in [0.2, 0.25) is 0 Å². The van der Waals surface area contributed by atoms with Crippen molar-refractivity contribution in [1.29, 1.82) is 0 Å². The van der Waals surface area contributed by atoms with Gasteiger partial charge in [-0.3, -0.25) is 24.0 Å². The maximum atomic E-state index is 12.6. The largest absolute Gasteiger partial charge is 0.355 e. The highest BCUT2D eigenvalue weighted by atomic mass is 31.2. The first kappa shape index (κ1) is 20.7. The molecule has 9 nitrogen and oxygen atoms in total. The molecule has 0 aliphatic heterocycles. The highest BCUT2D eigenvalue weighted by Gasteiger charge is 2.53. The summed E-state index contributed by atoms with van der Waals surface area (Å²) in [5.74, 6) is -2.32. The first-order valence-electron chi connectivity index (χ1n) is 7.00. The van der Waals surface area contributed by atoms with Gasteiger partial charge in [0.25, 0.3) is 11.8 Å². The third-order valence-electron chi connectivity index (χ3n) is 2.74. The molecule has 1 aromatic carbocycles. The summed E-state index contributed by atoms with van der Waals surface area (Å²) in [5, 5.41) is -0.610. The van der Waals surface area contributed by atoms with Crippen molar-refractivity contribution in [3.05, 3.63) is 35.9 Å². The van der Waals surface area contributed by atoms with E-state index in [2.05, 4.69) is 0 Å². The lowest BCUT2D eigenvalue weighted by molar-refractivity contribution is -0.119. The number of hydrogen-bond acceptors (Lipinski definition) is 6. The summed E-state index contributed by atoms with van der Waals surface area (Å²) in [6.07, 6.45) is 0. The summed E-state index contributed by atoms with van der Waals surface area (Å²) in [7, 11) is -9.72. The van der Waals surface area contributed by atoms with Crippen LogP contribution in [0, 0.1) is 0 Å². The van der Waals surface area contributed by atoms with Gasteiger partial charge in [0, 0.05) is 5.56 Å². The van der Waals surface area contributed by atoms with Gasteiger partial charge in [0.05, 0.1) is 13.2 Å². The van der Waals surface area contributed by atoms with Gasteiger partial charge in [-0.25, -0.2) is 0 Å². The van der Waals surface area contributed by atoms with Crippen LogP contribution < -0.4 is 5.32 Å². The van der Waals surface area contributed by atoms with E-state index in [0.717, 1.165) is 0 Å². The lowest BCUT2D eigenvalue weighted by Gasteiger charge is -2.25. The van der Waals surface area contributed by atoms with E-state index in [9.17, 15) is 28.5 Å². The number of nitrogens with one attached hydrogen (secondary N) is 1. The molecular formula is C13H19NO8P2. The predicted octanol–water partition coefficient (Wildman–Crippen LogP) is 1.71. The maximum absolute atomic E-state index is 12.6. The Morgan fingerprint density at radius 1 is 1.08 bits per heavy atom. The van der Waals surface area contributed by atoms with Crippen molar-refractivity contribution in [3.8, 4) is 0 Å². The lowest BCUT2D eigenvalue weighted by atomic mass is 10.2. The van der Waals surface area contributed by atoms with Gasteiger partial charge in [-0.1, -0.05) is 18.2 Å². The summed E-state index contributed by atoms with van der Waals surface area (Å²) in [5.41, 5.74) is 0.0953. The van der Waals surface area contributed by atoms with Gasteiger partial charge in [-0.05, 0) is 26.0 Å². The smallest absolute Gasteiger partial charge is 0.323 e. The molecule has 0 bridgehead atoms. The molecular weight excluding hydrogens is 360 g/mol. The van der Waals surface area contributed by atoms with Gasteiger partial charge in [-0.2, -0.15) is 0 Å². The molecule has 0 spiro atoms. The van der Waals surface area contributed by atoms with Crippen molar-refractivity contribution >= 4 is 27.0 Å². The number of hydrogen-bond donors (Lipinski definition) is 3. The normalized spacial score (nSPS) is 13.3. The van der Waals surface area contributed by atoms with Crippen LogP contribution in [0.15, 0.2) is 30.3 Å². The number of benzene rings is 1. The summed E-state index contributed by atoms with van der Waals surface area (Å²) in [4.78, 5) is 43.0. The molecule has 2 amide bonds. The standard InChI is InChI=1S/C13H19NO8P2/c1-3-21-24(20,22-4-2)13(23(17,18)19)12(16)14-11(15)10-8-6-5-7-9-10/h5-9,13H,3-4H2,1-2H3,(H,14,15,16)(H2,17,18,19). The second kappa shape index (κ2) is 8.67. The molecule has 1 aromatic rings. The Bertz CT molecular complexity index is 662. The summed E-state index contributed by atoms with van der Waals surface area (Å²) >= 11 is 0. The zero-order valence-corrected chi connectivity index (χ0v) is 14.9. The number of amides is 2. The molecule has 0 aromatic heterocycles. The molecule has 134 valence electrons. The zero-order chi connectivity index (χ0) is 18.4. The summed E-state index contributed by atoms with van der Waals surface area (Å²) < 4.78 is 34.0. The van der Waals surface area contributed by atoms with Gasteiger partial charge in [0.1, 0.15) is 0 Å². The molecule has 0 radical (unpaired) electrons. The third-order valence-corrected chi connectivity index (χ3v) is 7.44. The first-order chi connectivity index (χ1) is 11.2. The Kier molecular flexibility index (Phi) is 7.48. The van der Waals surface area contributed by atoms with Crippen molar-refractivity contribution in [2.45, 2.75) is 19.2 Å². The lowest BCUT2D eigenvalue weighted by Crippen LogP contribution is -2.39. The molecule has 0 heterocycles. The molecule has 1 unspecified atom stereocenters. The number of imide groups is 1. The molecule has 0 saturated heterocycles. The molecule has 0 saturated carbocycles. The van der Waals surface area contributed by atoms with Crippen LogP contribution in [0.4, 0.5) is 0 Å². The Hall–Kier alpha value is -1.34. The second-order valence-electron chi connectivity index (χ2n) is 4.52. The molecule has 3 N–H and O–H groups in total. The Morgan fingerprint density at radius 2 is 1.58 bits per heavy atom. The predicted molar refractivity (Wildman–Crippen MR) is 85.6 cm³/mol. The van der Waals surface area contributed by atoms with E-state index in [-0.39, 0.29) is 18.8 Å². The van der Waals surface area contributed by atoms with Crippen LogP contribution in [-0.2, 0) is 23.0 Å². The Balaban J connectivity index is 3.12. The number of rotatable bonds is 8. The van der Waals surface area contributed by atoms with E-state index in [1.54, 1.807) is 18.2 Å². The van der Waals surface area contributed by atoms with Crippen LogP contribution in [-0.4, -0.2) is 40.2 Å².